The molecule has 1 aliphatic rings. The number of carbonyl (C=O) groups is 2. The maximum atomic E-state index is 12.7. The molecule has 2 amide bonds. The number of nitrogens with zero attached hydrogens (tertiary/aromatic N) is 2. The lowest BCUT2D eigenvalue weighted by Gasteiger charge is -2.12. The number of thioether (sulfide) groups is 1. The van der Waals surface area contributed by atoms with E-state index in [2.05, 4.69) is 0 Å². The van der Waals surface area contributed by atoms with Gasteiger partial charge in [0, 0.05) is 29.7 Å². The molecule has 0 aliphatic carbocycles. The molecule has 4 rings (SSSR count). The lowest BCUT2D eigenvalue weighted by Crippen LogP contribution is -2.27. The van der Waals surface area contributed by atoms with E-state index in [1.165, 1.54) is 4.90 Å². The van der Waals surface area contributed by atoms with Crippen LogP contribution >= 0.6 is 11.8 Å². The Bertz CT molecular complexity index is 1000. The van der Waals surface area contributed by atoms with Crippen LogP contribution in [-0.4, -0.2) is 20.6 Å². The molecule has 1 aliphatic heterocycles. The number of carbonyl (C=O) groups excluding carboxylic acids is 2. The number of para-hydroxylation sites is 1. The van der Waals surface area contributed by atoms with Gasteiger partial charge in [-0.2, -0.15) is 0 Å². The minimum atomic E-state index is -0.230. The van der Waals surface area contributed by atoms with Crippen molar-refractivity contribution in [1.29, 1.82) is 0 Å². The van der Waals surface area contributed by atoms with E-state index in [9.17, 15) is 9.59 Å². The first kappa shape index (κ1) is 15.7. The molecule has 0 saturated carbocycles. The van der Waals surface area contributed by atoms with E-state index in [0.717, 1.165) is 33.8 Å². The van der Waals surface area contributed by atoms with Crippen LogP contribution in [-0.2, 0) is 18.4 Å². The smallest absolute Gasteiger partial charge is 0.293 e. The highest BCUT2D eigenvalue weighted by Gasteiger charge is 2.35. The quantitative estimate of drug-likeness (QED) is 0.658. The second-order valence-corrected chi connectivity index (χ2v) is 6.96. The van der Waals surface area contributed by atoms with Gasteiger partial charge in [-0.15, -0.1) is 0 Å². The van der Waals surface area contributed by atoms with Crippen molar-refractivity contribution in [3.63, 3.8) is 0 Å². The first-order valence-electron chi connectivity index (χ1n) is 7.97. The summed E-state index contributed by atoms with van der Waals surface area (Å²) in [6.07, 6.45) is 3.80. The van der Waals surface area contributed by atoms with Crippen LogP contribution in [0.1, 0.15) is 11.1 Å². The molecule has 0 N–H and O–H groups in total. The summed E-state index contributed by atoms with van der Waals surface area (Å²) in [5.41, 5.74) is 2.98. The number of amides is 2. The molecule has 0 bridgehead atoms. The van der Waals surface area contributed by atoms with Crippen LogP contribution in [0.2, 0.25) is 0 Å². The van der Waals surface area contributed by atoms with Gasteiger partial charge in [0.2, 0.25) is 0 Å². The SMILES string of the molecule is Cn1cc(/C=C2\SC(=O)N(Cc3ccccc3)C2=O)c2ccccc21. The molecule has 0 unspecified atom stereocenters. The molecule has 2 aromatic carbocycles. The van der Waals surface area contributed by atoms with E-state index in [1.54, 1.807) is 0 Å². The van der Waals surface area contributed by atoms with Gasteiger partial charge in [-0.05, 0) is 29.5 Å². The Labute approximate surface area is 149 Å². The third kappa shape index (κ3) is 2.87. The average Bonchev–Trinajstić information content (AvgIpc) is 3.08. The third-order valence-electron chi connectivity index (χ3n) is 4.27. The number of aromatic nitrogens is 1. The van der Waals surface area contributed by atoms with Crippen LogP contribution in [0.5, 0.6) is 0 Å². The zero-order valence-corrected chi connectivity index (χ0v) is 14.5. The summed E-state index contributed by atoms with van der Waals surface area (Å²) < 4.78 is 2.02. The standard InChI is InChI=1S/C20H16N2O2S/c1-21-13-15(16-9-5-6-10-17(16)21)11-18-19(23)22(20(24)25-18)12-14-7-3-2-4-8-14/h2-11,13H,12H2,1H3/b18-11-. The van der Waals surface area contributed by atoms with Crippen molar-refractivity contribution < 1.29 is 9.59 Å². The highest BCUT2D eigenvalue weighted by Crippen LogP contribution is 2.34. The van der Waals surface area contributed by atoms with E-state index in [4.69, 9.17) is 0 Å². The largest absolute Gasteiger partial charge is 0.350 e. The van der Waals surface area contributed by atoms with Crippen LogP contribution in [0.25, 0.3) is 17.0 Å². The third-order valence-corrected chi connectivity index (χ3v) is 5.18. The number of rotatable bonds is 3. The maximum absolute atomic E-state index is 12.7. The van der Waals surface area contributed by atoms with Gasteiger partial charge in [-0.25, -0.2) is 0 Å². The number of aryl methyl sites for hydroxylation is 1. The summed E-state index contributed by atoms with van der Waals surface area (Å²) in [5, 5.41) is 0.847. The summed E-state index contributed by atoms with van der Waals surface area (Å²) in [5.74, 6) is -0.230. The molecule has 0 spiro atoms. The van der Waals surface area contributed by atoms with Crippen molar-refractivity contribution in [3.8, 4) is 0 Å². The second-order valence-electron chi connectivity index (χ2n) is 5.97. The summed E-state index contributed by atoms with van der Waals surface area (Å²) in [7, 11) is 1.97. The first-order chi connectivity index (χ1) is 12.1. The van der Waals surface area contributed by atoms with E-state index in [0.29, 0.717) is 11.4 Å². The minimum absolute atomic E-state index is 0.222. The molecule has 0 radical (unpaired) electrons. The molecule has 1 aromatic heterocycles. The molecule has 0 atom stereocenters. The van der Waals surface area contributed by atoms with Gasteiger partial charge in [0.25, 0.3) is 11.1 Å². The summed E-state index contributed by atoms with van der Waals surface area (Å²) in [6.45, 7) is 0.304. The lowest BCUT2D eigenvalue weighted by atomic mass is 10.1. The van der Waals surface area contributed by atoms with Crippen molar-refractivity contribution in [3.05, 3.63) is 76.8 Å². The zero-order valence-electron chi connectivity index (χ0n) is 13.7. The molecule has 1 fully saturated rings. The fourth-order valence-corrected chi connectivity index (χ4v) is 3.86. The van der Waals surface area contributed by atoms with Crippen LogP contribution < -0.4 is 0 Å². The van der Waals surface area contributed by atoms with Crippen molar-refractivity contribution in [2.45, 2.75) is 6.54 Å². The Balaban J connectivity index is 1.66. The Hall–Kier alpha value is -2.79. The number of benzene rings is 2. The maximum Gasteiger partial charge on any atom is 0.293 e. The van der Waals surface area contributed by atoms with Crippen LogP contribution in [0.4, 0.5) is 4.79 Å². The van der Waals surface area contributed by atoms with Gasteiger partial charge in [-0.3, -0.25) is 14.5 Å². The van der Waals surface area contributed by atoms with Crippen LogP contribution in [0.3, 0.4) is 0 Å². The van der Waals surface area contributed by atoms with Crippen molar-refractivity contribution >= 4 is 39.9 Å². The summed E-state index contributed by atoms with van der Waals surface area (Å²) in [6, 6.07) is 17.6. The fourth-order valence-electron chi connectivity index (χ4n) is 3.03. The van der Waals surface area contributed by atoms with E-state index < -0.39 is 0 Å². The van der Waals surface area contributed by atoms with Crippen LogP contribution in [0.15, 0.2) is 65.7 Å². The Morgan fingerprint density at radius 3 is 2.52 bits per heavy atom. The molecule has 4 nitrogen and oxygen atoms in total. The van der Waals surface area contributed by atoms with Crippen molar-refractivity contribution in [2.75, 3.05) is 0 Å². The van der Waals surface area contributed by atoms with Crippen LogP contribution in [0, 0.1) is 0 Å². The minimum Gasteiger partial charge on any atom is -0.350 e. The second kappa shape index (κ2) is 6.26. The topological polar surface area (TPSA) is 42.3 Å². The van der Waals surface area contributed by atoms with Gasteiger partial charge >= 0.3 is 0 Å². The average molecular weight is 348 g/mol. The number of hydrogen-bond acceptors (Lipinski definition) is 3. The molecule has 2 heterocycles. The highest BCUT2D eigenvalue weighted by molar-refractivity contribution is 8.18. The zero-order chi connectivity index (χ0) is 17.4. The first-order valence-corrected chi connectivity index (χ1v) is 8.78. The van der Waals surface area contributed by atoms with Gasteiger partial charge in [-0.1, -0.05) is 48.5 Å². The van der Waals surface area contributed by atoms with Gasteiger partial charge < -0.3 is 4.57 Å². The Kier molecular flexibility index (Phi) is 3.93. The molecular formula is C20H16N2O2S. The van der Waals surface area contributed by atoms with Gasteiger partial charge in [0.15, 0.2) is 0 Å². The van der Waals surface area contributed by atoms with E-state index >= 15 is 0 Å². The predicted octanol–water partition coefficient (Wildman–Crippen LogP) is 4.41. The van der Waals surface area contributed by atoms with E-state index in [-0.39, 0.29) is 11.1 Å². The predicted molar refractivity (Wildman–Crippen MR) is 101 cm³/mol. The van der Waals surface area contributed by atoms with Gasteiger partial charge in [0.1, 0.15) is 0 Å². The molecule has 1 saturated heterocycles. The summed E-state index contributed by atoms with van der Waals surface area (Å²) in [4.78, 5) is 26.7. The molecule has 3 aromatic rings. The Morgan fingerprint density at radius 2 is 1.72 bits per heavy atom. The Morgan fingerprint density at radius 1 is 1.00 bits per heavy atom. The van der Waals surface area contributed by atoms with Gasteiger partial charge in [0.05, 0.1) is 11.4 Å². The number of fused-ring (bicyclic) bond motifs is 1. The summed E-state index contributed by atoms with van der Waals surface area (Å²) >= 11 is 1.00. The normalized spacial score (nSPS) is 16.4. The number of hydrogen-bond donors (Lipinski definition) is 0. The van der Waals surface area contributed by atoms with Crippen molar-refractivity contribution in [2.24, 2.45) is 7.05 Å². The lowest BCUT2D eigenvalue weighted by molar-refractivity contribution is -0.123. The molecule has 5 heteroatoms. The van der Waals surface area contributed by atoms with E-state index in [1.807, 2.05) is 78.5 Å². The number of imide groups is 1. The fraction of sp³-hybridized carbons (Fsp3) is 0.100. The van der Waals surface area contributed by atoms with Crippen molar-refractivity contribution in [1.82, 2.24) is 9.47 Å². The molecular weight excluding hydrogens is 332 g/mol. The monoisotopic (exact) mass is 348 g/mol. The highest BCUT2D eigenvalue weighted by atomic mass is 32.2. The molecule has 124 valence electrons. The molecule has 25 heavy (non-hydrogen) atoms.